The van der Waals surface area contributed by atoms with Gasteiger partial charge in [-0.25, -0.2) is 4.99 Å². The van der Waals surface area contributed by atoms with E-state index in [1.165, 1.54) is 11.1 Å². The lowest BCUT2D eigenvalue weighted by atomic mass is 10.1. The number of hydrogen-bond donors (Lipinski definition) is 2. The van der Waals surface area contributed by atoms with Crippen LogP contribution in [-0.2, 0) is 17.7 Å². The quantitative estimate of drug-likeness (QED) is 0.345. The summed E-state index contributed by atoms with van der Waals surface area (Å²) in [6, 6.07) is 10.4. The van der Waals surface area contributed by atoms with Crippen LogP contribution in [-0.4, -0.2) is 43.9 Å². The Morgan fingerprint density at radius 2 is 1.93 bits per heavy atom. The molecule has 0 fully saturated rings. The molecule has 0 spiro atoms. The van der Waals surface area contributed by atoms with E-state index >= 15 is 0 Å². The maximum Gasteiger partial charge on any atom is 0.191 e. The first-order valence-corrected chi connectivity index (χ1v) is 10.4. The molecule has 0 aliphatic rings. The number of aliphatic imine (C=N–C) groups is 1. The molecule has 158 valence electrons. The van der Waals surface area contributed by atoms with Gasteiger partial charge in [0.15, 0.2) is 5.96 Å². The first kappa shape index (κ1) is 22.7. The highest BCUT2D eigenvalue weighted by atomic mass is 16.5. The first-order chi connectivity index (χ1) is 14.1. The van der Waals surface area contributed by atoms with Gasteiger partial charge in [0.2, 0.25) is 0 Å². The predicted octanol–water partition coefficient (Wildman–Crippen LogP) is 3.41. The minimum Gasteiger partial charge on any atom is -0.491 e. The van der Waals surface area contributed by atoms with E-state index in [0.717, 1.165) is 42.5 Å². The zero-order valence-electron chi connectivity index (χ0n) is 18.1. The van der Waals surface area contributed by atoms with Gasteiger partial charge >= 0.3 is 0 Å². The van der Waals surface area contributed by atoms with E-state index < -0.39 is 0 Å². The van der Waals surface area contributed by atoms with Crippen molar-refractivity contribution in [1.29, 1.82) is 0 Å². The van der Waals surface area contributed by atoms with E-state index in [1.54, 1.807) is 0 Å². The number of aryl methyl sites for hydroxylation is 2. The standard InChI is InChI=1S/C23H34N4O2/c1-5-24-23(25-12-11-20-9-8-19(4)26-16-20)27-17-21-10-7-18(3)15-22(21)29-14-13-28-6-2/h7-10,15-16H,5-6,11-14,17H2,1-4H3,(H2,24,25,27). The zero-order chi connectivity index (χ0) is 20.9. The second-order valence-corrected chi connectivity index (χ2v) is 6.84. The molecule has 0 aliphatic carbocycles. The maximum atomic E-state index is 5.92. The zero-order valence-corrected chi connectivity index (χ0v) is 18.1. The molecule has 0 saturated heterocycles. The van der Waals surface area contributed by atoms with Crippen LogP contribution in [0, 0.1) is 13.8 Å². The molecule has 0 aliphatic heterocycles. The first-order valence-electron chi connectivity index (χ1n) is 10.4. The van der Waals surface area contributed by atoms with Crippen LogP contribution < -0.4 is 15.4 Å². The molecule has 0 bridgehead atoms. The molecule has 0 atom stereocenters. The van der Waals surface area contributed by atoms with E-state index in [-0.39, 0.29) is 0 Å². The van der Waals surface area contributed by atoms with Gasteiger partial charge in [-0.2, -0.15) is 0 Å². The van der Waals surface area contributed by atoms with Gasteiger partial charge in [-0.3, -0.25) is 4.98 Å². The molecule has 2 N–H and O–H groups in total. The molecule has 0 unspecified atom stereocenters. The normalized spacial score (nSPS) is 11.4. The molecule has 2 rings (SSSR count). The summed E-state index contributed by atoms with van der Waals surface area (Å²) in [5.74, 6) is 1.67. The Bertz CT molecular complexity index is 760. The number of ether oxygens (including phenoxy) is 2. The van der Waals surface area contributed by atoms with Crippen molar-refractivity contribution in [1.82, 2.24) is 15.6 Å². The summed E-state index contributed by atoms with van der Waals surface area (Å²) in [4.78, 5) is 9.08. The number of pyridine rings is 1. The molecule has 6 nitrogen and oxygen atoms in total. The Kier molecular flexibility index (Phi) is 10.00. The van der Waals surface area contributed by atoms with Gasteiger partial charge < -0.3 is 20.1 Å². The van der Waals surface area contributed by atoms with Crippen LogP contribution in [0.4, 0.5) is 0 Å². The number of guanidine groups is 1. The lowest BCUT2D eigenvalue weighted by Gasteiger charge is -2.14. The fourth-order valence-electron chi connectivity index (χ4n) is 2.76. The smallest absolute Gasteiger partial charge is 0.191 e. The Balaban J connectivity index is 1.94. The molecule has 1 heterocycles. The summed E-state index contributed by atoms with van der Waals surface area (Å²) in [6.45, 7) is 12.1. The highest BCUT2D eigenvalue weighted by Crippen LogP contribution is 2.21. The minimum atomic E-state index is 0.539. The van der Waals surface area contributed by atoms with Crippen molar-refractivity contribution in [2.45, 2.75) is 40.7 Å². The summed E-state index contributed by atoms with van der Waals surface area (Å²) in [6.07, 6.45) is 2.83. The predicted molar refractivity (Wildman–Crippen MR) is 119 cm³/mol. The SMILES string of the molecule is CCNC(=NCc1ccc(C)cc1OCCOCC)NCCc1ccc(C)nc1. The molecule has 0 radical (unpaired) electrons. The summed E-state index contributed by atoms with van der Waals surface area (Å²) in [5.41, 5.74) is 4.48. The highest BCUT2D eigenvalue weighted by Gasteiger charge is 2.05. The summed E-state index contributed by atoms with van der Waals surface area (Å²) >= 11 is 0. The van der Waals surface area contributed by atoms with Crippen LogP contribution in [0.15, 0.2) is 41.5 Å². The molecule has 1 aromatic heterocycles. The number of hydrogen-bond acceptors (Lipinski definition) is 4. The van der Waals surface area contributed by atoms with Gasteiger partial charge in [0.1, 0.15) is 12.4 Å². The number of benzene rings is 1. The minimum absolute atomic E-state index is 0.539. The van der Waals surface area contributed by atoms with Crippen molar-refractivity contribution in [3.63, 3.8) is 0 Å². The average Bonchev–Trinajstić information content (AvgIpc) is 2.72. The molecular formula is C23H34N4O2. The highest BCUT2D eigenvalue weighted by molar-refractivity contribution is 5.79. The van der Waals surface area contributed by atoms with Gasteiger partial charge in [-0.05, 0) is 57.4 Å². The van der Waals surface area contributed by atoms with E-state index in [1.807, 2.05) is 26.1 Å². The van der Waals surface area contributed by atoms with Crippen LogP contribution >= 0.6 is 0 Å². The third-order valence-corrected chi connectivity index (χ3v) is 4.34. The van der Waals surface area contributed by atoms with Crippen molar-refractivity contribution in [2.75, 3.05) is 32.9 Å². The Hall–Kier alpha value is -2.60. The molecule has 2 aromatic rings. The van der Waals surface area contributed by atoms with Crippen molar-refractivity contribution in [2.24, 2.45) is 4.99 Å². The summed E-state index contributed by atoms with van der Waals surface area (Å²) in [5, 5.41) is 6.70. The van der Waals surface area contributed by atoms with Gasteiger partial charge in [0.25, 0.3) is 0 Å². The van der Waals surface area contributed by atoms with E-state index in [9.17, 15) is 0 Å². The Labute approximate surface area is 174 Å². The van der Waals surface area contributed by atoms with Crippen LogP contribution in [0.2, 0.25) is 0 Å². The monoisotopic (exact) mass is 398 g/mol. The molecule has 0 saturated carbocycles. The van der Waals surface area contributed by atoms with Crippen LogP contribution in [0.25, 0.3) is 0 Å². The number of rotatable bonds is 11. The molecule has 29 heavy (non-hydrogen) atoms. The van der Waals surface area contributed by atoms with Gasteiger partial charge in [0, 0.05) is 37.2 Å². The fraction of sp³-hybridized carbons (Fsp3) is 0.478. The lowest BCUT2D eigenvalue weighted by Crippen LogP contribution is -2.38. The second kappa shape index (κ2) is 12.8. The van der Waals surface area contributed by atoms with Gasteiger partial charge in [-0.1, -0.05) is 18.2 Å². The summed E-state index contributed by atoms with van der Waals surface area (Å²) in [7, 11) is 0. The number of aromatic nitrogens is 1. The van der Waals surface area contributed by atoms with Crippen LogP contribution in [0.5, 0.6) is 5.75 Å². The fourth-order valence-corrected chi connectivity index (χ4v) is 2.76. The molecule has 1 aromatic carbocycles. The number of nitrogens with zero attached hydrogens (tertiary/aromatic N) is 2. The van der Waals surface area contributed by atoms with Gasteiger partial charge in [0.05, 0.1) is 13.2 Å². The van der Waals surface area contributed by atoms with E-state index in [2.05, 4.69) is 53.7 Å². The van der Waals surface area contributed by atoms with Crippen LogP contribution in [0.1, 0.15) is 36.2 Å². The average molecular weight is 399 g/mol. The number of nitrogens with one attached hydrogen (secondary N) is 2. The third kappa shape index (κ3) is 8.52. The largest absolute Gasteiger partial charge is 0.491 e. The molecular weight excluding hydrogens is 364 g/mol. The molecule has 6 heteroatoms. The Morgan fingerprint density at radius 1 is 1.07 bits per heavy atom. The summed E-state index contributed by atoms with van der Waals surface area (Å²) < 4.78 is 11.3. The van der Waals surface area contributed by atoms with Crippen molar-refractivity contribution < 1.29 is 9.47 Å². The Morgan fingerprint density at radius 3 is 2.66 bits per heavy atom. The van der Waals surface area contributed by atoms with Gasteiger partial charge in [-0.15, -0.1) is 0 Å². The van der Waals surface area contributed by atoms with Crippen molar-refractivity contribution >= 4 is 5.96 Å². The van der Waals surface area contributed by atoms with Crippen LogP contribution in [0.3, 0.4) is 0 Å². The third-order valence-electron chi connectivity index (χ3n) is 4.34. The van der Waals surface area contributed by atoms with E-state index in [4.69, 9.17) is 14.5 Å². The molecule has 0 amide bonds. The lowest BCUT2D eigenvalue weighted by molar-refractivity contribution is 0.110. The van der Waals surface area contributed by atoms with E-state index in [0.29, 0.717) is 26.4 Å². The topological polar surface area (TPSA) is 67.8 Å². The van der Waals surface area contributed by atoms with Crippen molar-refractivity contribution in [3.05, 3.63) is 58.9 Å². The van der Waals surface area contributed by atoms with Crippen molar-refractivity contribution in [3.8, 4) is 5.75 Å². The second-order valence-electron chi connectivity index (χ2n) is 6.84. The maximum absolute atomic E-state index is 5.92.